The smallest absolute Gasteiger partial charge is 0.329 e. The lowest BCUT2D eigenvalue weighted by Crippen LogP contribution is -2.33. The normalized spacial score (nSPS) is 18.2. The number of amides is 2. The number of hydrogen-bond donors (Lipinski definition) is 2. The van der Waals surface area contributed by atoms with E-state index in [1.165, 1.54) is 0 Å². The zero-order chi connectivity index (χ0) is 14.7. The summed E-state index contributed by atoms with van der Waals surface area (Å²) in [5.74, 6) is 0. The Morgan fingerprint density at radius 2 is 1.76 bits per heavy atom. The first-order valence-corrected chi connectivity index (χ1v) is 7.04. The fraction of sp³-hybridized carbons (Fsp3) is 0.125. The van der Waals surface area contributed by atoms with Crippen LogP contribution in [0.1, 0.15) is 23.6 Å². The summed E-state index contributed by atoms with van der Waals surface area (Å²) in [6.07, 6.45) is 0.615. The van der Waals surface area contributed by atoms with Gasteiger partial charge in [0.2, 0.25) is 0 Å². The summed E-state index contributed by atoms with van der Waals surface area (Å²) in [6.45, 7) is 0. The molecule has 2 aromatic rings. The first-order chi connectivity index (χ1) is 10.2. The maximum atomic E-state index is 11.8. The molecule has 0 aliphatic carbocycles. The minimum atomic E-state index is -0.305. The Bertz CT molecular complexity index is 668. The second-order valence-electron chi connectivity index (χ2n) is 4.82. The number of halogens is 1. The van der Waals surface area contributed by atoms with Crippen LogP contribution in [0, 0.1) is 0 Å². The van der Waals surface area contributed by atoms with Crippen LogP contribution in [0.25, 0.3) is 0 Å². The van der Waals surface area contributed by atoms with Crippen LogP contribution in [-0.4, -0.2) is 11.7 Å². The van der Waals surface area contributed by atoms with Crippen molar-refractivity contribution < 1.29 is 4.79 Å². The summed E-state index contributed by atoms with van der Waals surface area (Å²) >= 11 is 5.91. The molecule has 2 amide bonds. The summed E-state index contributed by atoms with van der Waals surface area (Å²) in [5, 5.41) is 7.78. The lowest BCUT2D eigenvalue weighted by Gasteiger charge is -2.16. The van der Waals surface area contributed by atoms with Gasteiger partial charge in [-0.2, -0.15) is 5.10 Å². The van der Waals surface area contributed by atoms with E-state index >= 15 is 0 Å². The Morgan fingerprint density at radius 1 is 1.05 bits per heavy atom. The highest BCUT2D eigenvalue weighted by Crippen LogP contribution is 2.22. The molecule has 0 radical (unpaired) electrons. The topological polar surface area (TPSA) is 53.5 Å². The number of carbonyl (C=O) groups excluding carboxylic acids is 1. The number of benzene rings is 2. The van der Waals surface area contributed by atoms with E-state index in [0.717, 1.165) is 16.8 Å². The summed E-state index contributed by atoms with van der Waals surface area (Å²) in [4.78, 5) is 11.8. The maximum Gasteiger partial charge on any atom is 0.335 e. The third kappa shape index (κ3) is 3.23. The molecule has 0 spiro atoms. The highest BCUT2D eigenvalue weighted by atomic mass is 35.5. The molecule has 0 saturated heterocycles. The quantitative estimate of drug-likeness (QED) is 0.876. The maximum absolute atomic E-state index is 11.8. The fourth-order valence-corrected chi connectivity index (χ4v) is 2.43. The van der Waals surface area contributed by atoms with Crippen molar-refractivity contribution in [2.24, 2.45) is 5.10 Å². The standard InChI is InChI=1S/C16H14ClN3O/c17-13-8-6-12(7-9-13)14-10-15(19-20-16(21)18-14)11-4-2-1-3-5-11/h1-9,14H,10H2,(H2,18,20,21). The molecule has 1 aliphatic heterocycles. The van der Waals surface area contributed by atoms with E-state index < -0.39 is 0 Å². The van der Waals surface area contributed by atoms with Crippen molar-refractivity contribution >= 4 is 23.3 Å². The van der Waals surface area contributed by atoms with Gasteiger partial charge in [0.15, 0.2) is 0 Å². The molecule has 5 heteroatoms. The zero-order valence-electron chi connectivity index (χ0n) is 11.2. The number of urea groups is 1. The predicted molar refractivity (Wildman–Crippen MR) is 83.5 cm³/mol. The van der Waals surface area contributed by atoms with Crippen molar-refractivity contribution in [3.8, 4) is 0 Å². The molecule has 0 saturated carbocycles. The molecule has 1 unspecified atom stereocenters. The zero-order valence-corrected chi connectivity index (χ0v) is 12.0. The SMILES string of the molecule is O=C1NN=C(c2ccccc2)CC(c2ccc(Cl)cc2)N1. The van der Waals surface area contributed by atoms with Crippen LogP contribution in [0.3, 0.4) is 0 Å². The van der Waals surface area contributed by atoms with E-state index in [0.29, 0.717) is 11.4 Å². The third-order valence-corrected chi connectivity index (χ3v) is 3.63. The Morgan fingerprint density at radius 3 is 2.48 bits per heavy atom. The van der Waals surface area contributed by atoms with Gasteiger partial charge in [0, 0.05) is 11.4 Å². The Kier molecular flexibility index (Phi) is 3.88. The van der Waals surface area contributed by atoms with E-state index in [1.54, 1.807) is 0 Å². The van der Waals surface area contributed by atoms with Crippen LogP contribution in [0.15, 0.2) is 59.7 Å². The molecule has 106 valence electrons. The Balaban J connectivity index is 1.90. The second-order valence-corrected chi connectivity index (χ2v) is 5.25. The lowest BCUT2D eigenvalue weighted by atomic mass is 9.97. The summed E-state index contributed by atoms with van der Waals surface area (Å²) < 4.78 is 0. The fourth-order valence-electron chi connectivity index (χ4n) is 2.31. The molecule has 21 heavy (non-hydrogen) atoms. The van der Waals surface area contributed by atoms with Crippen LogP contribution >= 0.6 is 11.6 Å². The number of rotatable bonds is 2. The molecular weight excluding hydrogens is 286 g/mol. The average molecular weight is 300 g/mol. The van der Waals surface area contributed by atoms with Crippen molar-refractivity contribution in [1.29, 1.82) is 0 Å². The Labute approximate surface area is 127 Å². The molecule has 1 aliphatic rings. The highest BCUT2D eigenvalue weighted by molar-refractivity contribution is 6.30. The van der Waals surface area contributed by atoms with Gasteiger partial charge in [0.1, 0.15) is 0 Å². The van der Waals surface area contributed by atoms with Crippen LogP contribution in [0.2, 0.25) is 5.02 Å². The van der Waals surface area contributed by atoms with Crippen molar-refractivity contribution in [3.05, 3.63) is 70.7 Å². The molecule has 2 aromatic carbocycles. The predicted octanol–water partition coefficient (Wildman–Crippen LogP) is 3.49. The van der Waals surface area contributed by atoms with E-state index in [9.17, 15) is 4.79 Å². The largest absolute Gasteiger partial charge is 0.335 e. The van der Waals surface area contributed by atoms with Gasteiger partial charge < -0.3 is 5.32 Å². The second kappa shape index (κ2) is 5.97. The van der Waals surface area contributed by atoms with Gasteiger partial charge in [-0.1, -0.05) is 54.1 Å². The average Bonchev–Trinajstić information content (AvgIpc) is 2.71. The van der Waals surface area contributed by atoms with E-state index in [-0.39, 0.29) is 12.1 Å². The van der Waals surface area contributed by atoms with Gasteiger partial charge in [-0.15, -0.1) is 0 Å². The van der Waals surface area contributed by atoms with E-state index in [2.05, 4.69) is 15.8 Å². The van der Waals surface area contributed by atoms with Crippen LogP contribution in [-0.2, 0) is 0 Å². The Hall–Kier alpha value is -2.33. The van der Waals surface area contributed by atoms with E-state index in [4.69, 9.17) is 11.6 Å². The van der Waals surface area contributed by atoms with Crippen molar-refractivity contribution in [2.75, 3.05) is 0 Å². The van der Waals surface area contributed by atoms with Crippen molar-refractivity contribution in [2.45, 2.75) is 12.5 Å². The van der Waals surface area contributed by atoms with Crippen LogP contribution in [0.4, 0.5) is 4.79 Å². The minimum Gasteiger partial charge on any atom is -0.329 e. The van der Waals surface area contributed by atoms with Crippen molar-refractivity contribution in [1.82, 2.24) is 10.7 Å². The number of nitrogens with one attached hydrogen (secondary N) is 2. The molecule has 1 heterocycles. The number of hydrazone groups is 1. The lowest BCUT2D eigenvalue weighted by molar-refractivity contribution is 0.239. The highest BCUT2D eigenvalue weighted by Gasteiger charge is 2.21. The summed E-state index contributed by atoms with van der Waals surface area (Å²) in [5.41, 5.74) is 5.36. The van der Waals surface area contributed by atoms with Gasteiger partial charge in [0.05, 0.1) is 11.8 Å². The van der Waals surface area contributed by atoms with Gasteiger partial charge in [0.25, 0.3) is 0 Å². The summed E-state index contributed by atoms with van der Waals surface area (Å²) in [6, 6.07) is 16.9. The third-order valence-electron chi connectivity index (χ3n) is 3.37. The number of carbonyl (C=O) groups is 1. The molecule has 3 rings (SSSR count). The molecule has 0 aromatic heterocycles. The van der Waals surface area contributed by atoms with E-state index in [1.807, 2.05) is 54.6 Å². The number of hydrogen-bond acceptors (Lipinski definition) is 2. The van der Waals surface area contributed by atoms with Gasteiger partial charge in [-0.25, -0.2) is 10.2 Å². The van der Waals surface area contributed by atoms with Gasteiger partial charge in [-0.3, -0.25) is 0 Å². The molecule has 1 atom stereocenters. The monoisotopic (exact) mass is 299 g/mol. The first kappa shape index (κ1) is 13.6. The minimum absolute atomic E-state index is 0.135. The van der Waals surface area contributed by atoms with Crippen LogP contribution < -0.4 is 10.7 Å². The number of nitrogens with zero attached hydrogens (tertiary/aromatic N) is 1. The molecular formula is C16H14ClN3O. The molecule has 0 bridgehead atoms. The van der Waals surface area contributed by atoms with Crippen LogP contribution in [0.5, 0.6) is 0 Å². The van der Waals surface area contributed by atoms with Crippen molar-refractivity contribution in [3.63, 3.8) is 0 Å². The molecule has 2 N–H and O–H groups in total. The summed E-state index contributed by atoms with van der Waals surface area (Å²) in [7, 11) is 0. The molecule has 0 fully saturated rings. The first-order valence-electron chi connectivity index (χ1n) is 6.66. The molecule has 4 nitrogen and oxygen atoms in total. The van der Waals surface area contributed by atoms with Gasteiger partial charge >= 0.3 is 6.03 Å². The van der Waals surface area contributed by atoms with Gasteiger partial charge in [-0.05, 0) is 23.3 Å².